The number of hydrogen-bond donors (Lipinski definition) is 0. The standard InChI is InChI=1S/C18H24N2O6/c1-12-4-6-13(7-5-12)19(2)17(21)11-26-18(22)15-10-14(20(23)24)8-9-16(15)25-3/h8-10,12-13H,4-7,11H2,1-3H3. The first kappa shape index (κ1) is 19.7. The van der Waals surface area contributed by atoms with E-state index in [2.05, 4.69) is 6.92 Å². The second-order valence-corrected chi connectivity index (χ2v) is 6.64. The van der Waals surface area contributed by atoms with E-state index in [0.717, 1.165) is 31.7 Å². The number of non-ortho nitro benzene ring substituents is 1. The van der Waals surface area contributed by atoms with Crippen LogP contribution in [0.5, 0.6) is 5.75 Å². The average molecular weight is 364 g/mol. The lowest BCUT2D eigenvalue weighted by molar-refractivity contribution is -0.384. The summed E-state index contributed by atoms with van der Waals surface area (Å²) in [4.78, 5) is 36.4. The lowest BCUT2D eigenvalue weighted by Crippen LogP contribution is -2.41. The molecule has 1 amide bonds. The highest BCUT2D eigenvalue weighted by atomic mass is 16.6. The number of carbonyl (C=O) groups excluding carboxylic acids is 2. The molecule has 1 saturated carbocycles. The van der Waals surface area contributed by atoms with Crippen LogP contribution in [0.2, 0.25) is 0 Å². The Morgan fingerprint density at radius 2 is 1.92 bits per heavy atom. The maximum absolute atomic E-state index is 12.3. The minimum Gasteiger partial charge on any atom is -0.496 e. The molecule has 142 valence electrons. The zero-order valence-electron chi connectivity index (χ0n) is 15.3. The molecule has 0 radical (unpaired) electrons. The normalized spacial score (nSPS) is 19.5. The average Bonchev–Trinajstić information content (AvgIpc) is 2.65. The molecule has 1 fully saturated rings. The van der Waals surface area contributed by atoms with Gasteiger partial charge in [-0.25, -0.2) is 4.79 Å². The fraction of sp³-hybridized carbons (Fsp3) is 0.556. The van der Waals surface area contributed by atoms with E-state index in [1.165, 1.54) is 19.2 Å². The summed E-state index contributed by atoms with van der Waals surface area (Å²) in [5.41, 5.74) is -0.332. The second kappa shape index (κ2) is 8.64. The fourth-order valence-electron chi connectivity index (χ4n) is 3.11. The Morgan fingerprint density at radius 3 is 2.50 bits per heavy atom. The predicted molar refractivity (Wildman–Crippen MR) is 94.1 cm³/mol. The molecule has 0 N–H and O–H groups in total. The summed E-state index contributed by atoms with van der Waals surface area (Å²) < 4.78 is 10.1. The van der Waals surface area contributed by atoms with E-state index >= 15 is 0 Å². The van der Waals surface area contributed by atoms with Gasteiger partial charge in [-0.1, -0.05) is 6.92 Å². The molecule has 8 nitrogen and oxygen atoms in total. The smallest absolute Gasteiger partial charge is 0.342 e. The van der Waals surface area contributed by atoms with Crippen LogP contribution in [0.15, 0.2) is 18.2 Å². The number of amides is 1. The highest BCUT2D eigenvalue weighted by Gasteiger charge is 2.26. The van der Waals surface area contributed by atoms with Crippen LogP contribution in [-0.4, -0.2) is 48.5 Å². The summed E-state index contributed by atoms with van der Waals surface area (Å²) in [5, 5.41) is 10.9. The van der Waals surface area contributed by atoms with Crippen molar-refractivity contribution in [3.8, 4) is 5.75 Å². The highest BCUT2D eigenvalue weighted by Crippen LogP contribution is 2.27. The molecule has 0 aliphatic heterocycles. The predicted octanol–water partition coefficient (Wildman–Crippen LogP) is 2.80. The van der Waals surface area contributed by atoms with E-state index in [9.17, 15) is 19.7 Å². The third-order valence-corrected chi connectivity index (χ3v) is 4.87. The van der Waals surface area contributed by atoms with Crippen molar-refractivity contribution in [3.05, 3.63) is 33.9 Å². The lowest BCUT2D eigenvalue weighted by Gasteiger charge is -2.33. The van der Waals surface area contributed by atoms with Crippen molar-refractivity contribution in [1.29, 1.82) is 0 Å². The summed E-state index contributed by atoms with van der Waals surface area (Å²) in [5.74, 6) is -0.288. The Morgan fingerprint density at radius 1 is 1.27 bits per heavy atom. The Bertz CT molecular complexity index is 682. The van der Waals surface area contributed by atoms with Gasteiger partial charge in [-0.3, -0.25) is 14.9 Å². The van der Waals surface area contributed by atoms with Gasteiger partial charge in [-0.15, -0.1) is 0 Å². The van der Waals surface area contributed by atoms with Crippen molar-refractivity contribution in [2.75, 3.05) is 20.8 Å². The van der Waals surface area contributed by atoms with Gasteiger partial charge in [0.1, 0.15) is 11.3 Å². The molecule has 1 aromatic rings. The molecule has 0 spiro atoms. The minimum atomic E-state index is -0.829. The van der Waals surface area contributed by atoms with Crippen LogP contribution in [0.25, 0.3) is 0 Å². The van der Waals surface area contributed by atoms with Gasteiger partial charge in [0.25, 0.3) is 11.6 Å². The van der Waals surface area contributed by atoms with Gasteiger partial charge in [0.15, 0.2) is 6.61 Å². The van der Waals surface area contributed by atoms with Gasteiger partial charge in [-0.2, -0.15) is 0 Å². The Kier molecular flexibility index (Phi) is 6.54. The fourth-order valence-corrected chi connectivity index (χ4v) is 3.11. The third-order valence-electron chi connectivity index (χ3n) is 4.87. The number of likely N-dealkylation sites (N-methyl/N-ethyl adjacent to an activating group) is 1. The molecule has 1 aromatic carbocycles. The first-order valence-corrected chi connectivity index (χ1v) is 8.58. The first-order chi connectivity index (χ1) is 12.3. The largest absolute Gasteiger partial charge is 0.496 e. The number of methoxy groups -OCH3 is 1. The third kappa shape index (κ3) is 4.71. The van der Waals surface area contributed by atoms with Crippen LogP contribution in [0.3, 0.4) is 0 Å². The molecule has 0 atom stereocenters. The minimum absolute atomic E-state index is 0.0800. The van der Waals surface area contributed by atoms with Crippen molar-refractivity contribution >= 4 is 17.6 Å². The van der Waals surface area contributed by atoms with Crippen LogP contribution >= 0.6 is 0 Å². The molecule has 1 aliphatic carbocycles. The topological polar surface area (TPSA) is 99.0 Å². The van der Waals surface area contributed by atoms with E-state index in [1.807, 2.05) is 0 Å². The highest BCUT2D eigenvalue weighted by molar-refractivity contribution is 5.94. The second-order valence-electron chi connectivity index (χ2n) is 6.64. The number of rotatable bonds is 6. The zero-order chi connectivity index (χ0) is 19.3. The molecule has 2 rings (SSSR count). The van der Waals surface area contributed by atoms with Crippen molar-refractivity contribution in [2.24, 2.45) is 5.92 Å². The van der Waals surface area contributed by atoms with Crippen LogP contribution < -0.4 is 4.74 Å². The van der Waals surface area contributed by atoms with Crippen molar-refractivity contribution in [3.63, 3.8) is 0 Å². The number of nitro groups is 1. The number of benzene rings is 1. The zero-order valence-corrected chi connectivity index (χ0v) is 15.3. The molecule has 0 aromatic heterocycles. The number of carbonyl (C=O) groups is 2. The van der Waals surface area contributed by atoms with Crippen molar-refractivity contribution in [2.45, 2.75) is 38.6 Å². The van der Waals surface area contributed by atoms with Gasteiger partial charge in [0.05, 0.1) is 12.0 Å². The first-order valence-electron chi connectivity index (χ1n) is 8.58. The van der Waals surface area contributed by atoms with Gasteiger partial charge in [0.2, 0.25) is 0 Å². The van der Waals surface area contributed by atoms with Gasteiger partial charge in [-0.05, 0) is 37.7 Å². The lowest BCUT2D eigenvalue weighted by atomic mass is 9.87. The number of hydrogen-bond acceptors (Lipinski definition) is 6. The van der Waals surface area contributed by atoms with Crippen LogP contribution in [-0.2, 0) is 9.53 Å². The summed E-state index contributed by atoms with van der Waals surface area (Å²) in [6.45, 7) is 1.79. The Hall–Kier alpha value is -2.64. The Labute approximate surface area is 152 Å². The molecule has 0 saturated heterocycles. The number of nitrogens with zero attached hydrogens (tertiary/aromatic N) is 2. The monoisotopic (exact) mass is 364 g/mol. The number of nitro benzene ring substituents is 1. The van der Waals surface area contributed by atoms with Gasteiger partial charge >= 0.3 is 5.97 Å². The Balaban J connectivity index is 1.98. The maximum atomic E-state index is 12.3. The van der Waals surface area contributed by atoms with Crippen molar-refractivity contribution in [1.82, 2.24) is 4.90 Å². The summed E-state index contributed by atoms with van der Waals surface area (Å²) >= 11 is 0. The van der Waals surface area contributed by atoms with Crippen LogP contribution in [0, 0.1) is 16.0 Å². The molecular formula is C18H24N2O6. The summed E-state index contributed by atoms with van der Waals surface area (Å²) in [6.07, 6.45) is 4.03. The van der Waals surface area contributed by atoms with Gasteiger partial charge < -0.3 is 14.4 Å². The van der Waals surface area contributed by atoms with Crippen LogP contribution in [0.4, 0.5) is 5.69 Å². The van der Waals surface area contributed by atoms with E-state index in [4.69, 9.17) is 9.47 Å². The molecule has 1 aliphatic rings. The van der Waals surface area contributed by atoms with E-state index < -0.39 is 17.5 Å². The van der Waals surface area contributed by atoms with E-state index in [-0.39, 0.29) is 28.9 Å². The molecule has 0 heterocycles. The van der Waals surface area contributed by atoms with Gasteiger partial charge in [0, 0.05) is 25.2 Å². The molecule has 8 heteroatoms. The quantitative estimate of drug-likeness (QED) is 0.437. The number of ether oxygens (including phenoxy) is 2. The molecular weight excluding hydrogens is 340 g/mol. The molecule has 0 unspecified atom stereocenters. The summed E-state index contributed by atoms with van der Waals surface area (Å²) in [6, 6.07) is 3.80. The van der Waals surface area contributed by atoms with E-state index in [0.29, 0.717) is 5.92 Å². The van der Waals surface area contributed by atoms with Crippen molar-refractivity contribution < 1.29 is 24.0 Å². The van der Waals surface area contributed by atoms with E-state index in [1.54, 1.807) is 11.9 Å². The maximum Gasteiger partial charge on any atom is 0.342 e. The SMILES string of the molecule is COc1ccc([N+](=O)[O-])cc1C(=O)OCC(=O)N(C)C1CCC(C)CC1. The molecule has 26 heavy (non-hydrogen) atoms. The van der Waals surface area contributed by atoms with Crippen LogP contribution in [0.1, 0.15) is 43.0 Å². The summed E-state index contributed by atoms with van der Waals surface area (Å²) in [7, 11) is 3.06. The number of esters is 1. The molecule has 0 bridgehead atoms.